The summed E-state index contributed by atoms with van der Waals surface area (Å²) in [5.74, 6) is 1.56. The standard InChI is InChI=1S/C20H27N3O4/c1-23-13-16(12-21-14-20(24)5-9-25-10-6-20)19(22-23)15-3-4-17-18(11-15)27-8-2-7-26-17/h3-4,11,13,21,24H,2,5-10,12,14H2,1H3. The predicted molar refractivity (Wildman–Crippen MR) is 101 cm³/mol. The predicted octanol–water partition coefficient (Wildman–Crippen LogP) is 1.88. The maximum absolute atomic E-state index is 10.6. The molecule has 7 heteroatoms. The molecule has 2 aromatic rings. The van der Waals surface area contributed by atoms with Gasteiger partial charge in [0.25, 0.3) is 0 Å². The Kier molecular flexibility index (Phi) is 5.33. The van der Waals surface area contributed by atoms with E-state index in [9.17, 15) is 5.11 Å². The largest absolute Gasteiger partial charge is 0.490 e. The molecule has 2 N–H and O–H groups in total. The fourth-order valence-corrected chi connectivity index (χ4v) is 3.58. The van der Waals surface area contributed by atoms with E-state index in [1.807, 2.05) is 36.1 Å². The molecule has 1 aromatic carbocycles. The van der Waals surface area contributed by atoms with Crippen molar-refractivity contribution in [3.63, 3.8) is 0 Å². The van der Waals surface area contributed by atoms with Crippen LogP contribution in [-0.2, 0) is 18.3 Å². The van der Waals surface area contributed by atoms with E-state index >= 15 is 0 Å². The van der Waals surface area contributed by atoms with Gasteiger partial charge in [0.1, 0.15) is 0 Å². The van der Waals surface area contributed by atoms with Crippen molar-refractivity contribution in [2.24, 2.45) is 7.05 Å². The lowest BCUT2D eigenvalue weighted by molar-refractivity contribution is -0.0616. The lowest BCUT2D eigenvalue weighted by Crippen LogP contribution is -2.44. The van der Waals surface area contributed by atoms with Gasteiger partial charge in [-0.15, -0.1) is 0 Å². The quantitative estimate of drug-likeness (QED) is 0.833. The third-order valence-electron chi connectivity index (χ3n) is 5.12. The molecule has 0 spiro atoms. The smallest absolute Gasteiger partial charge is 0.161 e. The van der Waals surface area contributed by atoms with Crippen LogP contribution in [0.3, 0.4) is 0 Å². The molecule has 2 aliphatic rings. The van der Waals surface area contributed by atoms with Crippen LogP contribution in [0.1, 0.15) is 24.8 Å². The Labute approximate surface area is 159 Å². The molecule has 0 saturated carbocycles. The van der Waals surface area contributed by atoms with Crippen LogP contribution in [0, 0.1) is 0 Å². The fraction of sp³-hybridized carbons (Fsp3) is 0.550. The molecule has 2 aliphatic heterocycles. The van der Waals surface area contributed by atoms with E-state index in [4.69, 9.17) is 14.2 Å². The first-order chi connectivity index (χ1) is 13.1. The minimum absolute atomic E-state index is 0.547. The highest BCUT2D eigenvalue weighted by molar-refractivity contribution is 5.66. The Morgan fingerprint density at radius 2 is 1.93 bits per heavy atom. The number of nitrogens with zero attached hydrogens (tertiary/aromatic N) is 2. The molecule has 1 fully saturated rings. The number of aromatic nitrogens is 2. The van der Waals surface area contributed by atoms with Crippen LogP contribution in [-0.4, -0.2) is 53.5 Å². The number of rotatable bonds is 5. The van der Waals surface area contributed by atoms with Crippen molar-refractivity contribution in [1.82, 2.24) is 15.1 Å². The van der Waals surface area contributed by atoms with Crippen molar-refractivity contribution in [1.29, 1.82) is 0 Å². The van der Waals surface area contributed by atoms with Crippen LogP contribution in [0.25, 0.3) is 11.3 Å². The fourth-order valence-electron chi connectivity index (χ4n) is 3.58. The Bertz CT molecular complexity index is 784. The number of fused-ring (bicyclic) bond motifs is 1. The number of aryl methyl sites for hydroxylation is 1. The molecule has 1 saturated heterocycles. The molecule has 146 valence electrons. The molecule has 0 amide bonds. The van der Waals surface area contributed by atoms with Gasteiger partial charge in [0, 0.05) is 69.9 Å². The average Bonchev–Trinajstić information content (AvgIpc) is 2.88. The van der Waals surface area contributed by atoms with Crippen LogP contribution >= 0.6 is 0 Å². The first-order valence-electron chi connectivity index (χ1n) is 9.56. The van der Waals surface area contributed by atoms with Crippen LogP contribution in [0.2, 0.25) is 0 Å². The summed E-state index contributed by atoms with van der Waals surface area (Å²) in [5, 5.41) is 18.6. The molecule has 7 nitrogen and oxygen atoms in total. The summed E-state index contributed by atoms with van der Waals surface area (Å²) in [6, 6.07) is 5.97. The third-order valence-corrected chi connectivity index (χ3v) is 5.12. The third kappa shape index (κ3) is 4.26. The van der Waals surface area contributed by atoms with E-state index in [1.54, 1.807) is 0 Å². The van der Waals surface area contributed by atoms with Gasteiger partial charge in [-0.25, -0.2) is 0 Å². The number of ether oxygens (including phenoxy) is 3. The van der Waals surface area contributed by atoms with Crippen LogP contribution in [0.5, 0.6) is 11.5 Å². The zero-order valence-corrected chi connectivity index (χ0v) is 15.7. The zero-order valence-electron chi connectivity index (χ0n) is 15.7. The summed E-state index contributed by atoms with van der Waals surface area (Å²) in [6.45, 7) is 3.77. The highest BCUT2D eigenvalue weighted by atomic mass is 16.5. The molecule has 27 heavy (non-hydrogen) atoms. The number of nitrogens with one attached hydrogen (secondary N) is 1. The van der Waals surface area contributed by atoms with Gasteiger partial charge in [-0.2, -0.15) is 5.10 Å². The molecule has 1 aromatic heterocycles. The van der Waals surface area contributed by atoms with E-state index in [1.165, 1.54) is 0 Å². The lowest BCUT2D eigenvalue weighted by Gasteiger charge is -2.32. The summed E-state index contributed by atoms with van der Waals surface area (Å²) in [6.07, 6.45) is 4.24. The van der Waals surface area contributed by atoms with Crippen molar-refractivity contribution in [2.45, 2.75) is 31.4 Å². The molecule has 0 atom stereocenters. The van der Waals surface area contributed by atoms with Gasteiger partial charge in [-0.1, -0.05) is 0 Å². The molecule has 0 radical (unpaired) electrons. The van der Waals surface area contributed by atoms with Gasteiger partial charge in [0.15, 0.2) is 11.5 Å². The molecule has 0 bridgehead atoms. The zero-order chi connectivity index (χ0) is 18.7. The minimum Gasteiger partial charge on any atom is -0.490 e. The molecule has 0 unspecified atom stereocenters. The maximum atomic E-state index is 10.6. The molecule has 0 aliphatic carbocycles. The first kappa shape index (κ1) is 18.3. The number of hydrogen-bond acceptors (Lipinski definition) is 6. The maximum Gasteiger partial charge on any atom is 0.161 e. The normalized spacial score (nSPS) is 18.9. The van der Waals surface area contributed by atoms with E-state index in [-0.39, 0.29) is 0 Å². The van der Waals surface area contributed by atoms with Crippen LogP contribution < -0.4 is 14.8 Å². The Morgan fingerprint density at radius 1 is 1.15 bits per heavy atom. The highest BCUT2D eigenvalue weighted by Gasteiger charge is 2.29. The van der Waals surface area contributed by atoms with Crippen molar-refractivity contribution in [3.8, 4) is 22.8 Å². The van der Waals surface area contributed by atoms with Crippen molar-refractivity contribution >= 4 is 0 Å². The van der Waals surface area contributed by atoms with Crippen LogP contribution in [0.4, 0.5) is 0 Å². The highest BCUT2D eigenvalue weighted by Crippen LogP contribution is 2.34. The summed E-state index contributed by atoms with van der Waals surface area (Å²) in [7, 11) is 1.92. The topological polar surface area (TPSA) is 77.8 Å². The molecule has 3 heterocycles. The van der Waals surface area contributed by atoms with Gasteiger partial charge >= 0.3 is 0 Å². The van der Waals surface area contributed by atoms with Gasteiger partial charge in [0.05, 0.1) is 24.5 Å². The van der Waals surface area contributed by atoms with Crippen molar-refractivity contribution in [2.75, 3.05) is 33.0 Å². The average molecular weight is 373 g/mol. The molecular formula is C20H27N3O4. The van der Waals surface area contributed by atoms with Crippen molar-refractivity contribution in [3.05, 3.63) is 30.0 Å². The Hall–Kier alpha value is -2.09. The molecule has 4 rings (SSSR count). The summed E-state index contributed by atoms with van der Waals surface area (Å²) >= 11 is 0. The van der Waals surface area contributed by atoms with E-state index in [0.29, 0.717) is 52.4 Å². The SMILES string of the molecule is Cn1cc(CNCC2(O)CCOCC2)c(-c2ccc3c(c2)OCCCO3)n1. The summed E-state index contributed by atoms with van der Waals surface area (Å²) in [5.41, 5.74) is 2.32. The summed E-state index contributed by atoms with van der Waals surface area (Å²) < 4.78 is 18.7. The lowest BCUT2D eigenvalue weighted by atomic mass is 9.94. The number of benzene rings is 1. The summed E-state index contributed by atoms with van der Waals surface area (Å²) in [4.78, 5) is 0. The first-order valence-corrected chi connectivity index (χ1v) is 9.56. The number of hydrogen-bond donors (Lipinski definition) is 2. The van der Waals surface area contributed by atoms with Gasteiger partial charge < -0.3 is 24.6 Å². The second-order valence-electron chi connectivity index (χ2n) is 7.33. The minimum atomic E-state index is -0.685. The monoisotopic (exact) mass is 373 g/mol. The number of aliphatic hydroxyl groups is 1. The Balaban J connectivity index is 1.48. The van der Waals surface area contributed by atoms with Gasteiger partial charge in [-0.3, -0.25) is 4.68 Å². The van der Waals surface area contributed by atoms with E-state index in [2.05, 4.69) is 10.4 Å². The van der Waals surface area contributed by atoms with E-state index < -0.39 is 5.60 Å². The molecular weight excluding hydrogens is 346 g/mol. The van der Waals surface area contributed by atoms with Crippen molar-refractivity contribution < 1.29 is 19.3 Å². The van der Waals surface area contributed by atoms with Gasteiger partial charge in [0.2, 0.25) is 0 Å². The van der Waals surface area contributed by atoms with Gasteiger partial charge in [-0.05, 0) is 18.2 Å². The second kappa shape index (κ2) is 7.88. The van der Waals surface area contributed by atoms with Crippen LogP contribution in [0.15, 0.2) is 24.4 Å². The second-order valence-corrected chi connectivity index (χ2v) is 7.33. The Morgan fingerprint density at radius 3 is 2.74 bits per heavy atom. The van der Waals surface area contributed by atoms with E-state index in [0.717, 1.165) is 34.7 Å².